The topological polar surface area (TPSA) is 412 Å². The molecule has 0 aliphatic carbocycles. The molecule has 4 aromatic carbocycles. The Bertz CT molecular complexity index is 3630. The highest BCUT2D eigenvalue weighted by Gasteiger charge is 2.30. The van der Waals surface area contributed by atoms with Gasteiger partial charge in [0.2, 0.25) is 29.7 Å². The number of Topliss-reactive ketones (excluding diaryl/α,β-unsaturated/α-hetero) is 1. The summed E-state index contributed by atoms with van der Waals surface area (Å²) in [6.07, 6.45) is -0.0307. The van der Waals surface area contributed by atoms with Crippen LogP contribution in [-0.2, 0) is 62.9 Å². The monoisotopic (exact) mass is 1270 g/mol. The third kappa shape index (κ3) is 22.4. The number of para-hydroxylation sites is 1. The zero-order chi connectivity index (χ0) is 63.4. The van der Waals surface area contributed by atoms with Crippen molar-refractivity contribution in [1.29, 1.82) is 0 Å². The van der Waals surface area contributed by atoms with Gasteiger partial charge in [0.1, 0.15) is 27.2 Å². The fourth-order valence-electron chi connectivity index (χ4n) is 9.09. The molecule has 0 saturated carbocycles. The quantitative estimate of drug-likeness (QED) is 0.0199. The van der Waals surface area contributed by atoms with E-state index in [4.69, 9.17) is 0 Å². The Hall–Kier alpha value is -7.46. The fraction of sp³-hybridized carbons (Fsp3) is 0.382. The molecule has 2 heterocycles. The van der Waals surface area contributed by atoms with Gasteiger partial charge in [-0.05, 0) is 85.7 Å². The first-order chi connectivity index (χ1) is 40.0. The van der Waals surface area contributed by atoms with Crippen LogP contribution < -0.4 is 25.8 Å². The summed E-state index contributed by atoms with van der Waals surface area (Å²) in [4.78, 5) is 55.4. The van der Waals surface area contributed by atoms with E-state index in [9.17, 15) is 71.7 Å². The Labute approximate surface area is 499 Å². The highest BCUT2D eigenvalue weighted by Crippen LogP contribution is 2.29. The smallest absolute Gasteiger partial charge is 0.295 e. The van der Waals surface area contributed by atoms with E-state index in [0.717, 1.165) is 11.6 Å². The maximum atomic E-state index is 13.2. The highest BCUT2D eigenvalue weighted by molar-refractivity contribution is 7.86. The Morgan fingerprint density at radius 1 is 0.558 bits per heavy atom. The van der Waals surface area contributed by atoms with E-state index < -0.39 is 90.8 Å². The van der Waals surface area contributed by atoms with Gasteiger partial charge in [0.25, 0.3) is 40.5 Å². The van der Waals surface area contributed by atoms with Crippen molar-refractivity contribution in [1.82, 2.24) is 35.2 Å². The summed E-state index contributed by atoms with van der Waals surface area (Å²) in [5.41, 5.74) is -1.02. The molecule has 0 spiro atoms. The first kappa shape index (κ1) is 67.7. The number of hydrogen-bond donors (Lipinski definition) is 9. The second-order valence-corrected chi connectivity index (χ2v) is 27.7. The average molecular weight is 1270 g/mol. The van der Waals surface area contributed by atoms with Crippen molar-refractivity contribution in [2.45, 2.75) is 101 Å². The highest BCUT2D eigenvalue weighted by atomic mass is 32.2. The van der Waals surface area contributed by atoms with E-state index >= 15 is 0 Å². The van der Waals surface area contributed by atoms with Gasteiger partial charge in [-0.25, -0.2) is 4.98 Å². The van der Waals surface area contributed by atoms with Crippen LogP contribution in [0.4, 0.5) is 35.2 Å². The minimum absolute atomic E-state index is 0.0109. The van der Waals surface area contributed by atoms with Gasteiger partial charge in [-0.3, -0.25) is 27.8 Å². The summed E-state index contributed by atoms with van der Waals surface area (Å²) in [6.45, 7) is 8.60. The Morgan fingerprint density at radius 2 is 1.03 bits per heavy atom. The van der Waals surface area contributed by atoms with Gasteiger partial charge >= 0.3 is 0 Å². The standard InChI is InChI=1S/C55H69N11O16S4/c1-36(67)32-65(25-23-44(69)31-54(3,4)34-83(71,72)73)52-59-47(28-38-13-9-7-10-14-38)58-48(60-52)29-39-17-18-40(45(27-39)85(77,78)79)19-20-41-21-22-43(30-46(41)86(80,81)82)57-51-61-50(56-42-15-11-8-12-16-42)62-53(63-51)66(33-37(2)68)26-24-49(70)64-55(5,6)35-84(74,75)76/h7-22,27,30,36-37,67-68H,23-26,28-29,31-35H2,1-6H3,(H,64,70)(H,71,72,73)(H,74,75,76)(H,77,78,79)(H,80,81,82)(H2,56,57,61,62,63)/b20-19+. The van der Waals surface area contributed by atoms with Crippen LogP contribution in [0.1, 0.15) is 94.7 Å². The maximum Gasteiger partial charge on any atom is 0.295 e. The van der Waals surface area contributed by atoms with Gasteiger partial charge < -0.3 is 36.0 Å². The van der Waals surface area contributed by atoms with Crippen LogP contribution in [0.15, 0.2) is 107 Å². The zero-order valence-electron chi connectivity index (χ0n) is 47.8. The molecule has 2 unspecified atom stereocenters. The molecule has 6 rings (SSSR count). The van der Waals surface area contributed by atoms with Crippen LogP contribution in [0.3, 0.4) is 0 Å². The van der Waals surface area contributed by atoms with Crippen molar-refractivity contribution in [3.8, 4) is 0 Å². The third-order valence-corrected chi connectivity index (χ3v) is 16.4. The second-order valence-electron chi connectivity index (χ2n) is 22.0. The maximum absolute atomic E-state index is 13.2. The van der Waals surface area contributed by atoms with Crippen molar-refractivity contribution >= 4 is 99.5 Å². The molecule has 31 heteroatoms. The molecule has 0 aliphatic rings. The molecule has 0 bridgehead atoms. The molecule has 464 valence electrons. The number of amides is 1. The molecule has 2 aromatic heterocycles. The van der Waals surface area contributed by atoms with E-state index in [-0.39, 0.29) is 122 Å². The number of nitrogens with one attached hydrogen (secondary N) is 3. The molecule has 0 saturated heterocycles. The summed E-state index contributed by atoms with van der Waals surface area (Å²) < 4.78 is 138. The Morgan fingerprint density at radius 3 is 1.56 bits per heavy atom. The number of benzene rings is 4. The Kier molecular flexibility index (Phi) is 22.3. The molecule has 86 heavy (non-hydrogen) atoms. The number of carbonyl (C=O) groups is 2. The predicted octanol–water partition coefficient (Wildman–Crippen LogP) is 5.20. The number of anilines is 6. The molecule has 0 aliphatic heterocycles. The summed E-state index contributed by atoms with van der Waals surface area (Å²) in [5, 5.41) is 29.5. The molecule has 2 atom stereocenters. The van der Waals surface area contributed by atoms with Gasteiger partial charge in [-0.2, -0.15) is 58.6 Å². The number of nitrogens with zero attached hydrogens (tertiary/aromatic N) is 8. The first-order valence-electron chi connectivity index (χ1n) is 26.6. The van der Waals surface area contributed by atoms with Crippen LogP contribution in [0.25, 0.3) is 12.2 Å². The molecule has 1 amide bonds. The molecule has 6 aromatic rings. The lowest BCUT2D eigenvalue weighted by molar-refractivity contribution is -0.122. The van der Waals surface area contributed by atoms with Gasteiger partial charge in [-0.1, -0.05) is 92.7 Å². The van der Waals surface area contributed by atoms with Crippen LogP contribution in [0, 0.1) is 5.41 Å². The minimum Gasteiger partial charge on any atom is -0.392 e. The number of ketones is 1. The lowest BCUT2D eigenvalue weighted by Crippen LogP contribution is -2.49. The van der Waals surface area contributed by atoms with Crippen LogP contribution in [-0.4, -0.2) is 159 Å². The summed E-state index contributed by atoms with van der Waals surface area (Å²) in [6, 6.07) is 25.6. The molecular weight excluding hydrogens is 1200 g/mol. The molecule has 0 fully saturated rings. The van der Waals surface area contributed by atoms with Crippen LogP contribution in [0.5, 0.6) is 0 Å². The number of hydrogen-bond acceptors (Lipinski definition) is 22. The van der Waals surface area contributed by atoms with Crippen molar-refractivity contribution in [2.24, 2.45) is 5.41 Å². The van der Waals surface area contributed by atoms with Gasteiger partial charge in [0, 0.05) is 69.7 Å². The minimum atomic E-state index is -5.04. The van der Waals surface area contributed by atoms with Gasteiger partial charge in [0.05, 0.1) is 29.3 Å². The summed E-state index contributed by atoms with van der Waals surface area (Å²) in [7, 11) is -18.9. The Balaban J connectivity index is 1.30. The van der Waals surface area contributed by atoms with Gasteiger partial charge in [-0.15, -0.1) is 0 Å². The molecule has 0 radical (unpaired) electrons. The second kappa shape index (κ2) is 28.4. The summed E-state index contributed by atoms with van der Waals surface area (Å²) >= 11 is 0. The molecular formula is C55H69N11O16S4. The fourth-order valence-corrected chi connectivity index (χ4v) is 12.6. The van der Waals surface area contributed by atoms with E-state index in [2.05, 4.69) is 45.9 Å². The van der Waals surface area contributed by atoms with E-state index in [0.29, 0.717) is 5.69 Å². The van der Waals surface area contributed by atoms with Crippen molar-refractivity contribution in [3.05, 3.63) is 131 Å². The third-order valence-electron chi connectivity index (χ3n) is 12.4. The number of rotatable bonds is 31. The van der Waals surface area contributed by atoms with Crippen LogP contribution >= 0.6 is 0 Å². The SMILES string of the molecule is CC(O)CN(CCC(=O)CC(C)(C)CS(=O)(=O)O)c1nc(Cc2ccccc2)nc(Cc2ccc(/C=C/c3ccc(Nc4nc(Nc5ccccc5)nc(N(CCC(=O)NC(C)(C)CS(=O)(=O)O)CC(C)O)n4)cc3S(=O)(=O)O)c(S(=O)(=O)O)c2)n1. The van der Waals surface area contributed by atoms with Crippen LogP contribution in [0.2, 0.25) is 0 Å². The van der Waals surface area contributed by atoms with Crippen molar-refractivity contribution in [2.75, 3.05) is 58.1 Å². The molecule has 9 N–H and O–H groups in total. The summed E-state index contributed by atoms with van der Waals surface area (Å²) in [5.74, 6) is -2.16. The average Bonchev–Trinajstić information content (AvgIpc) is 1.34. The van der Waals surface area contributed by atoms with E-state index in [1.165, 1.54) is 88.9 Å². The largest absolute Gasteiger partial charge is 0.392 e. The number of carbonyl (C=O) groups excluding carboxylic acids is 2. The lowest BCUT2D eigenvalue weighted by atomic mass is 9.89. The lowest BCUT2D eigenvalue weighted by Gasteiger charge is -2.27. The normalized spacial score (nSPS) is 13.3. The number of aliphatic hydroxyl groups excluding tert-OH is 2. The van der Waals surface area contributed by atoms with Crippen molar-refractivity contribution in [3.63, 3.8) is 0 Å². The van der Waals surface area contributed by atoms with Gasteiger partial charge in [0.15, 0.2) is 0 Å². The van der Waals surface area contributed by atoms with E-state index in [1.807, 2.05) is 30.3 Å². The zero-order valence-corrected chi connectivity index (χ0v) is 51.1. The molecule has 27 nitrogen and oxygen atoms in total. The first-order valence-corrected chi connectivity index (χ1v) is 32.7. The number of aliphatic hydroxyl groups is 2. The number of aromatic nitrogens is 6. The van der Waals surface area contributed by atoms with E-state index in [1.54, 1.807) is 35.2 Å². The van der Waals surface area contributed by atoms with Crippen molar-refractivity contribution < 1.29 is 71.7 Å². The predicted molar refractivity (Wildman–Crippen MR) is 322 cm³/mol.